The van der Waals surface area contributed by atoms with Gasteiger partial charge in [-0.3, -0.25) is 0 Å². The van der Waals surface area contributed by atoms with Crippen LogP contribution in [-0.2, 0) is 6.54 Å². The quantitative estimate of drug-likeness (QED) is 0.769. The topological polar surface area (TPSA) is 39.2 Å². The fourth-order valence-corrected chi connectivity index (χ4v) is 1.81. The standard InChI is InChI=1S/C9H9NOS/c10-5-8-4-7(6-12-8)9-2-1-3-11-9/h1-4,6H,5,10H2. The minimum absolute atomic E-state index is 0.603. The molecule has 12 heavy (non-hydrogen) atoms. The molecule has 0 saturated heterocycles. The van der Waals surface area contributed by atoms with Crippen molar-refractivity contribution in [2.45, 2.75) is 6.54 Å². The van der Waals surface area contributed by atoms with Gasteiger partial charge in [0, 0.05) is 22.4 Å². The summed E-state index contributed by atoms with van der Waals surface area (Å²) < 4.78 is 5.24. The van der Waals surface area contributed by atoms with Crippen LogP contribution in [0.25, 0.3) is 11.3 Å². The van der Waals surface area contributed by atoms with Crippen molar-refractivity contribution in [3.8, 4) is 11.3 Å². The summed E-state index contributed by atoms with van der Waals surface area (Å²) in [6, 6.07) is 5.89. The van der Waals surface area contributed by atoms with Crippen molar-refractivity contribution in [3.63, 3.8) is 0 Å². The van der Waals surface area contributed by atoms with Crippen molar-refractivity contribution in [3.05, 3.63) is 34.7 Å². The zero-order chi connectivity index (χ0) is 8.39. The van der Waals surface area contributed by atoms with Crippen LogP contribution in [0.4, 0.5) is 0 Å². The van der Waals surface area contributed by atoms with Gasteiger partial charge >= 0.3 is 0 Å². The summed E-state index contributed by atoms with van der Waals surface area (Å²) >= 11 is 1.66. The Kier molecular flexibility index (Phi) is 1.98. The van der Waals surface area contributed by atoms with E-state index >= 15 is 0 Å². The molecule has 0 radical (unpaired) electrons. The van der Waals surface area contributed by atoms with Crippen LogP contribution in [0.1, 0.15) is 4.88 Å². The van der Waals surface area contributed by atoms with Gasteiger partial charge in [-0.15, -0.1) is 11.3 Å². The van der Waals surface area contributed by atoms with Gasteiger partial charge < -0.3 is 10.2 Å². The molecule has 2 rings (SSSR count). The van der Waals surface area contributed by atoms with E-state index in [1.807, 2.05) is 12.1 Å². The lowest BCUT2D eigenvalue weighted by atomic mass is 10.2. The predicted molar refractivity (Wildman–Crippen MR) is 49.9 cm³/mol. The Bertz CT molecular complexity index is 350. The second-order valence-corrected chi connectivity index (χ2v) is 3.48. The number of furan rings is 1. The lowest BCUT2D eigenvalue weighted by Gasteiger charge is -1.87. The summed E-state index contributed by atoms with van der Waals surface area (Å²) in [5.41, 5.74) is 6.61. The summed E-state index contributed by atoms with van der Waals surface area (Å²) in [5, 5.41) is 2.06. The normalized spacial score (nSPS) is 10.4. The van der Waals surface area contributed by atoms with E-state index in [1.165, 1.54) is 4.88 Å². The Balaban J connectivity index is 2.35. The molecule has 0 spiro atoms. The molecule has 2 N–H and O–H groups in total. The second kappa shape index (κ2) is 3.13. The maximum Gasteiger partial charge on any atom is 0.134 e. The Morgan fingerprint density at radius 3 is 3.00 bits per heavy atom. The lowest BCUT2D eigenvalue weighted by molar-refractivity contribution is 0.582. The maximum atomic E-state index is 5.50. The van der Waals surface area contributed by atoms with Crippen LogP contribution in [0.2, 0.25) is 0 Å². The van der Waals surface area contributed by atoms with E-state index in [9.17, 15) is 0 Å². The number of hydrogen-bond donors (Lipinski definition) is 1. The van der Waals surface area contributed by atoms with Crippen molar-refractivity contribution >= 4 is 11.3 Å². The van der Waals surface area contributed by atoms with E-state index in [1.54, 1.807) is 17.6 Å². The first-order chi connectivity index (χ1) is 5.90. The molecule has 0 aliphatic rings. The number of hydrogen-bond acceptors (Lipinski definition) is 3. The third-order valence-corrected chi connectivity index (χ3v) is 2.62. The highest BCUT2D eigenvalue weighted by atomic mass is 32.1. The molecule has 0 fully saturated rings. The highest BCUT2D eigenvalue weighted by Gasteiger charge is 2.02. The fraction of sp³-hybridized carbons (Fsp3) is 0.111. The zero-order valence-corrected chi connectivity index (χ0v) is 7.30. The van der Waals surface area contributed by atoms with E-state index in [2.05, 4.69) is 11.4 Å². The van der Waals surface area contributed by atoms with E-state index < -0.39 is 0 Å². The summed E-state index contributed by atoms with van der Waals surface area (Å²) in [7, 11) is 0. The summed E-state index contributed by atoms with van der Waals surface area (Å²) in [6.07, 6.45) is 1.68. The van der Waals surface area contributed by atoms with Gasteiger partial charge in [0.25, 0.3) is 0 Å². The van der Waals surface area contributed by atoms with Crippen molar-refractivity contribution in [1.29, 1.82) is 0 Å². The molecule has 2 nitrogen and oxygen atoms in total. The van der Waals surface area contributed by atoms with Crippen LogP contribution in [0.3, 0.4) is 0 Å². The summed E-state index contributed by atoms with van der Waals surface area (Å²) in [5.74, 6) is 0.908. The molecule has 0 unspecified atom stereocenters. The fourth-order valence-electron chi connectivity index (χ4n) is 1.06. The molecule has 0 bridgehead atoms. The first-order valence-electron chi connectivity index (χ1n) is 3.71. The minimum Gasteiger partial charge on any atom is -0.464 e. The van der Waals surface area contributed by atoms with Gasteiger partial charge in [0.2, 0.25) is 0 Å². The van der Waals surface area contributed by atoms with Crippen LogP contribution in [-0.4, -0.2) is 0 Å². The molecule has 0 aromatic carbocycles. The molecule has 0 amide bonds. The van der Waals surface area contributed by atoms with Crippen LogP contribution < -0.4 is 5.73 Å². The average Bonchev–Trinajstić information content (AvgIpc) is 2.75. The number of rotatable bonds is 2. The Morgan fingerprint density at radius 1 is 1.50 bits per heavy atom. The summed E-state index contributed by atoms with van der Waals surface area (Å²) in [6.45, 7) is 0.603. The molecule has 0 aliphatic carbocycles. The zero-order valence-electron chi connectivity index (χ0n) is 6.49. The lowest BCUT2D eigenvalue weighted by Crippen LogP contribution is -1.91. The summed E-state index contributed by atoms with van der Waals surface area (Å²) in [4.78, 5) is 1.18. The monoisotopic (exact) mass is 179 g/mol. The number of thiophene rings is 1. The van der Waals surface area contributed by atoms with Gasteiger partial charge in [-0.2, -0.15) is 0 Å². The second-order valence-electron chi connectivity index (χ2n) is 2.48. The van der Waals surface area contributed by atoms with Gasteiger partial charge in [-0.05, 0) is 18.2 Å². The number of nitrogens with two attached hydrogens (primary N) is 1. The molecule has 2 heterocycles. The average molecular weight is 179 g/mol. The Morgan fingerprint density at radius 2 is 2.42 bits per heavy atom. The molecule has 3 heteroatoms. The SMILES string of the molecule is NCc1cc(-c2ccco2)cs1. The molecule has 0 atom stereocenters. The molecule has 0 aliphatic heterocycles. The third-order valence-electron chi connectivity index (χ3n) is 1.66. The smallest absolute Gasteiger partial charge is 0.134 e. The van der Waals surface area contributed by atoms with Gasteiger partial charge in [0.15, 0.2) is 0 Å². The van der Waals surface area contributed by atoms with Crippen molar-refractivity contribution < 1.29 is 4.42 Å². The molecule has 2 aromatic rings. The molecule has 62 valence electrons. The molecule has 0 saturated carbocycles. The highest BCUT2D eigenvalue weighted by Crippen LogP contribution is 2.25. The van der Waals surface area contributed by atoms with Crippen LogP contribution >= 0.6 is 11.3 Å². The van der Waals surface area contributed by atoms with Crippen LogP contribution in [0, 0.1) is 0 Å². The van der Waals surface area contributed by atoms with Crippen molar-refractivity contribution in [2.75, 3.05) is 0 Å². The van der Waals surface area contributed by atoms with Crippen molar-refractivity contribution in [2.24, 2.45) is 5.73 Å². The van der Waals surface area contributed by atoms with E-state index in [-0.39, 0.29) is 0 Å². The first kappa shape index (κ1) is 7.58. The van der Waals surface area contributed by atoms with Gasteiger partial charge in [0.1, 0.15) is 5.76 Å². The van der Waals surface area contributed by atoms with E-state index in [4.69, 9.17) is 10.2 Å². The molecular formula is C9H9NOS. The van der Waals surface area contributed by atoms with Gasteiger partial charge in [0.05, 0.1) is 6.26 Å². The van der Waals surface area contributed by atoms with Crippen LogP contribution in [0.15, 0.2) is 34.3 Å². The Labute approximate surface area is 74.6 Å². The minimum atomic E-state index is 0.603. The highest BCUT2D eigenvalue weighted by molar-refractivity contribution is 7.10. The third kappa shape index (κ3) is 1.29. The van der Waals surface area contributed by atoms with E-state index in [0.717, 1.165) is 11.3 Å². The largest absolute Gasteiger partial charge is 0.464 e. The van der Waals surface area contributed by atoms with Crippen molar-refractivity contribution in [1.82, 2.24) is 0 Å². The van der Waals surface area contributed by atoms with Gasteiger partial charge in [-0.25, -0.2) is 0 Å². The predicted octanol–water partition coefficient (Wildman–Crippen LogP) is 2.47. The van der Waals surface area contributed by atoms with Crippen LogP contribution in [0.5, 0.6) is 0 Å². The first-order valence-corrected chi connectivity index (χ1v) is 4.59. The van der Waals surface area contributed by atoms with E-state index in [0.29, 0.717) is 6.54 Å². The molecular weight excluding hydrogens is 170 g/mol. The van der Waals surface area contributed by atoms with Gasteiger partial charge in [-0.1, -0.05) is 0 Å². The Hall–Kier alpha value is -1.06. The maximum absolute atomic E-state index is 5.50. The molecule has 2 aromatic heterocycles.